The summed E-state index contributed by atoms with van der Waals surface area (Å²) in [5.41, 5.74) is 3.83. The van der Waals surface area contributed by atoms with Gasteiger partial charge in [-0.1, -0.05) is 41.0 Å². The molecule has 0 aliphatic carbocycles. The van der Waals surface area contributed by atoms with E-state index in [0.717, 1.165) is 32.4 Å². The zero-order valence-corrected chi connectivity index (χ0v) is 17.9. The molecule has 0 amide bonds. The molecule has 0 aliphatic rings. The number of pyridine rings is 1. The van der Waals surface area contributed by atoms with Crippen LogP contribution >= 0.6 is 27.5 Å². The van der Waals surface area contributed by atoms with Crippen LogP contribution in [0.25, 0.3) is 33.4 Å². The zero-order chi connectivity index (χ0) is 20.7. The van der Waals surface area contributed by atoms with Gasteiger partial charge in [0.2, 0.25) is 12.3 Å². The van der Waals surface area contributed by atoms with Crippen LogP contribution in [0.2, 0.25) is 5.02 Å². The molecule has 2 aromatic carbocycles. The molecule has 1 N–H and O–H groups in total. The third-order valence-corrected chi connectivity index (χ3v) is 5.99. The topological polar surface area (TPSA) is 45.7 Å². The van der Waals surface area contributed by atoms with Crippen LogP contribution in [-0.2, 0) is 6.54 Å². The first kappa shape index (κ1) is 19.0. The average Bonchev–Trinajstić information content (AvgIpc) is 3.34. The van der Waals surface area contributed by atoms with Crippen LogP contribution < -0.4 is 4.57 Å². The maximum absolute atomic E-state index is 14.2. The van der Waals surface area contributed by atoms with Crippen LogP contribution in [-0.4, -0.2) is 10.1 Å². The number of nitrogens with zero attached hydrogens (tertiary/aromatic N) is 2. The third kappa shape index (κ3) is 3.53. The second kappa shape index (κ2) is 7.70. The molecule has 3 aromatic heterocycles. The average molecular weight is 484 g/mol. The Morgan fingerprint density at radius 1 is 1.10 bits per heavy atom. The van der Waals surface area contributed by atoms with Gasteiger partial charge in [-0.3, -0.25) is 0 Å². The van der Waals surface area contributed by atoms with Gasteiger partial charge in [-0.25, -0.2) is 4.39 Å². The highest BCUT2D eigenvalue weighted by Crippen LogP contribution is 2.35. The third-order valence-electron chi connectivity index (χ3n) is 4.91. The lowest BCUT2D eigenvalue weighted by molar-refractivity contribution is -0.688. The van der Waals surface area contributed by atoms with Gasteiger partial charge in [0.25, 0.3) is 0 Å². The van der Waals surface area contributed by atoms with Crippen LogP contribution in [0.3, 0.4) is 0 Å². The molecule has 0 saturated carbocycles. The van der Waals surface area contributed by atoms with Crippen molar-refractivity contribution in [2.24, 2.45) is 0 Å². The molecule has 0 aliphatic heterocycles. The van der Waals surface area contributed by atoms with Crippen molar-refractivity contribution >= 4 is 38.4 Å². The summed E-state index contributed by atoms with van der Waals surface area (Å²) in [6.45, 7) is 0.516. The molecular formula is C23H15BrClFN3O+. The van der Waals surface area contributed by atoms with E-state index >= 15 is 0 Å². The second-order valence-corrected chi connectivity index (χ2v) is 8.15. The highest BCUT2D eigenvalue weighted by atomic mass is 79.9. The number of aromatic amines is 1. The van der Waals surface area contributed by atoms with E-state index in [4.69, 9.17) is 16.1 Å². The van der Waals surface area contributed by atoms with Gasteiger partial charge < -0.3 is 9.51 Å². The zero-order valence-electron chi connectivity index (χ0n) is 15.6. The van der Waals surface area contributed by atoms with Crippen LogP contribution in [0.1, 0.15) is 5.76 Å². The molecule has 0 bridgehead atoms. The Kier molecular flexibility index (Phi) is 4.89. The first-order valence-electron chi connectivity index (χ1n) is 9.25. The van der Waals surface area contributed by atoms with Gasteiger partial charge in [0.15, 0.2) is 12.4 Å². The number of fused-ring (bicyclic) bond motifs is 1. The van der Waals surface area contributed by atoms with Crippen LogP contribution in [0.4, 0.5) is 4.39 Å². The summed E-state index contributed by atoms with van der Waals surface area (Å²) in [6, 6.07) is 18.1. The molecule has 0 spiro atoms. The molecule has 148 valence electrons. The molecule has 3 heterocycles. The maximum atomic E-state index is 14.2. The first-order chi connectivity index (χ1) is 14.6. The van der Waals surface area contributed by atoms with Gasteiger partial charge >= 0.3 is 0 Å². The largest absolute Gasteiger partial charge is 0.354 e. The van der Waals surface area contributed by atoms with E-state index in [2.05, 4.69) is 26.1 Å². The van der Waals surface area contributed by atoms with Crippen LogP contribution in [0.15, 0.2) is 82.1 Å². The number of H-pyrrole nitrogens is 1. The number of aromatic nitrogens is 3. The fourth-order valence-electron chi connectivity index (χ4n) is 3.43. The summed E-state index contributed by atoms with van der Waals surface area (Å²) in [6.07, 6.45) is 3.92. The molecule has 0 atom stereocenters. The van der Waals surface area contributed by atoms with Gasteiger partial charge in [-0.2, -0.15) is 4.57 Å². The Labute approximate surface area is 185 Å². The molecule has 0 saturated heterocycles. The summed E-state index contributed by atoms with van der Waals surface area (Å²) >= 11 is 9.55. The molecule has 0 radical (unpaired) electrons. The van der Waals surface area contributed by atoms with Gasteiger partial charge in [0.05, 0.1) is 10.2 Å². The lowest BCUT2D eigenvalue weighted by Crippen LogP contribution is -2.32. The minimum atomic E-state index is -0.269. The van der Waals surface area contributed by atoms with Crippen molar-refractivity contribution in [3.05, 3.63) is 94.1 Å². The highest BCUT2D eigenvalue weighted by Gasteiger charge is 2.17. The summed E-state index contributed by atoms with van der Waals surface area (Å²) in [5, 5.41) is 5.81. The number of rotatable bonds is 4. The van der Waals surface area contributed by atoms with E-state index in [1.807, 2.05) is 59.4 Å². The number of nitrogens with one attached hydrogen (secondary N) is 1. The summed E-state index contributed by atoms with van der Waals surface area (Å²) in [7, 11) is 0. The van der Waals surface area contributed by atoms with Gasteiger partial charge in [0.1, 0.15) is 17.0 Å². The van der Waals surface area contributed by atoms with Crippen molar-refractivity contribution in [3.8, 4) is 22.5 Å². The van der Waals surface area contributed by atoms with Crippen molar-refractivity contribution in [2.45, 2.75) is 6.54 Å². The quantitative estimate of drug-likeness (QED) is 0.301. The molecule has 30 heavy (non-hydrogen) atoms. The fraction of sp³-hybridized carbons (Fsp3) is 0.0435. The minimum absolute atomic E-state index is 0.269. The Balaban J connectivity index is 1.45. The highest BCUT2D eigenvalue weighted by molar-refractivity contribution is 9.10. The fourth-order valence-corrected chi connectivity index (χ4v) is 4.21. The lowest BCUT2D eigenvalue weighted by Gasteiger charge is -2.00. The molecular weight excluding hydrogens is 469 g/mol. The van der Waals surface area contributed by atoms with Gasteiger partial charge in [0, 0.05) is 33.7 Å². The van der Waals surface area contributed by atoms with Crippen molar-refractivity contribution in [1.82, 2.24) is 10.1 Å². The van der Waals surface area contributed by atoms with Crippen LogP contribution in [0.5, 0.6) is 0 Å². The lowest BCUT2D eigenvalue weighted by atomic mass is 10.1. The molecule has 4 nitrogen and oxygen atoms in total. The van der Waals surface area contributed by atoms with E-state index in [1.54, 1.807) is 12.1 Å². The smallest absolute Gasteiger partial charge is 0.208 e. The summed E-state index contributed by atoms with van der Waals surface area (Å²) < 4.78 is 22.6. The Hall–Kier alpha value is -2.96. The SMILES string of the molecule is Fc1ccccc1-c1[nH]c2c[n+](Cc3cc(-c4ccc(Cl)cc4)no3)ccc2c1Br. The number of hydrogen-bond donors (Lipinski definition) is 1. The Morgan fingerprint density at radius 2 is 1.90 bits per heavy atom. The number of halogens is 3. The number of benzene rings is 2. The number of hydrogen-bond acceptors (Lipinski definition) is 2. The Morgan fingerprint density at radius 3 is 2.70 bits per heavy atom. The molecule has 5 aromatic rings. The summed E-state index contributed by atoms with van der Waals surface area (Å²) in [5.74, 6) is 0.457. The molecule has 0 unspecified atom stereocenters. The molecule has 5 rings (SSSR count). The van der Waals surface area contributed by atoms with E-state index in [1.165, 1.54) is 6.07 Å². The second-order valence-electron chi connectivity index (χ2n) is 6.92. The van der Waals surface area contributed by atoms with E-state index in [0.29, 0.717) is 22.8 Å². The first-order valence-corrected chi connectivity index (χ1v) is 10.4. The van der Waals surface area contributed by atoms with E-state index in [-0.39, 0.29) is 5.82 Å². The van der Waals surface area contributed by atoms with Crippen molar-refractivity contribution in [2.75, 3.05) is 0 Å². The van der Waals surface area contributed by atoms with Crippen molar-refractivity contribution < 1.29 is 13.5 Å². The van der Waals surface area contributed by atoms with E-state index < -0.39 is 0 Å². The monoisotopic (exact) mass is 482 g/mol. The standard InChI is InChI=1S/C23H14BrClFN3O/c24-22-18-9-10-29(13-21(18)27-23(22)17-3-1-2-4-19(17)26)12-16-11-20(28-30-16)14-5-7-15(25)8-6-14/h1-11,13H,12H2/p+1. The van der Waals surface area contributed by atoms with Gasteiger partial charge in [-0.15, -0.1) is 0 Å². The van der Waals surface area contributed by atoms with Crippen molar-refractivity contribution in [3.63, 3.8) is 0 Å². The van der Waals surface area contributed by atoms with Crippen LogP contribution in [0, 0.1) is 5.82 Å². The van der Waals surface area contributed by atoms with Gasteiger partial charge in [-0.05, 0) is 40.2 Å². The minimum Gasteiger partial charge on any atom is -0.354 e. The summed E-state index contributed by atoms with van der Waals surface area (Å²) in [4.78, 5) is 3.32. The Bertz CT molecular complexity index is 1360. The maximum Gasteiger partial charge on any atom is 0.208 e. The molecule has 0 fully saturated rings. The van der Waals surface area contributed by atoms with Crippen molar-refractivity contribution in [1.29, 1.82) is 0 Å². The predicted molar refractivity (Wildman–Crippen MR) is 118 cm³/mol. The van der Waals surface area contributed by atoms with E-state index in [9.17, 15) is 4.39 Å². The normalized spacial score (nSPS) is 11.3. The predicted octanol–water partition coefficient (Wildman–Crippen LogP) is 6.38. The molecule has 7 heteroatoms.